The van der Waals surface area contributed by atoms with Crippen molar-refractivity contribution in [3.63, 3.8) is 0 Å². The van der Waals surface area contributed by atoms with E-state index in [1.165, 1.54) is 38.4 Å². The molecule has 1 aliphatic rings. The highest BCUT2D eigenvalue weighted by Gasteiger charge is 2.16. The number of halogens is 1. The van der Waals surface area contributed by atoms with Crippen molar-refractivity contribution in [3.05, 3.63) is 17.5 Å². The number of nitrogens with zero attached hydrogens (tertiary/aromatic N) is 3. The van der Waals surface area contributed by atoms with E-state index >= 15 is 0 Å². The van der Waals surface area contributed by atoms with Gasteiger partial charge in [-0.1, -0.05) is 30.9 Å². The monoisotopic (exact) mass is 239 g/mol. The molecule has 0 radical (unpaired) electrons. The van der Waals surface area contributed by atoms with Crippen LogP contribution < -0.4 is 4.90 Å². The molecule has 2 rings (SSSR count). The molecule has 88 valence electrons. The second-order valence-electron chi connectivity index (χ2n) is 4.58. The van der Waals surface area contributed by atoms with Crippen LogP contribution in [0.5, 0.6) is 0 Å². The Morgan fingerprint density at radius 1 is 1.31 bits per heavy atom. The molecule has 0 aromatic carbocycles. The molecular formula is C12H18ClN3. The molecule has 1 heterocycles. The zero-order chi connectivity index (χ0) is 11.4. The standard InChI is InChI=1S/C12H18ClN3/c1-16(8-10-5-3-2-4-6-10)12-7-11(13)14-9-15-12/h7,9-10H,2-6,8H2,1H3. The van der Waals surface area contributed by atoms with Gasteiger partial charge in [0.2, 0.25) is 0 Å². The van der Waals surface area contributed by atoms with Gasteiger partial charge in [-0.05, 0) is 18.8 Å². The molecule has 16 heavy (non-hydrogen) atoms. The molecule has 0 N–H and O–H groups in total. The summed E-state index contributed by atoms with van der Waals surface area (Å²) in [6.45, 7) is 1.08. The van der Waals surface area contributed by atoms with Gasteiger partial charge in [-0.15, -0.1) is 0 Å². The van der Waals surface area contributed by atoms with E-state index in [-0.39, 0.29) is 0 Å². The van der Waals surface area contributed by atoms with E-state index in [4.69, 9.17) is 11.6 Å². The van der Waals surface area contributed by atoms with Crippen molar-refractivity contribution in [2.75, 3.05) is 18.5 Å². The van der Waals surface area contributed by atoms with E-state index in [1.807, 2.05) is 6.07 Å². The van der Waals surface area contributed by atoms with Crippen molar-refractivity contribution in [3.8, 4) is 0 Å². The Hall–Kier alpha value is -0.830. The zero-order valence-corrected chi connectivity index (χ0v) is 10.5. The third kappa shape index (κ3) is 3.08. The fourth-order valence-electron chi connectivity index (χ4n) is 2.38. The van der Waals surface area contributed by atoms with Gasteiger partial charge in [-0.2, -0.15) is 0 Å². The Morgan fingerprint density at radius 2 is 2.06 bits per heavy atom. The maximum Gasteiger partial charge on any atom is 0.134 e. The van der Waals surface area contributed by atoms with E-state index < -0.39 is 0 Å². The smallest absolute Gasteiger partial charge is 0.134 e. The number of anilines is 1. The van der Waals surface area contributed by atoms with Gasteiger partial charge in [0.1, 0.15) is 17.3 Å². The molecule has 1 fully saturated rings. The topological polar surface area (TPSA) is 29.0 Å². The molecule has 0 amide bonds. The van der Waals surface area contributed by atoms with Gasteiger partial charge >= 0.3 is 0 Å². The summed E-state index contributed by atoms with van der Waals surface area (Å²) in [6.07, 6.45) is 8.38. The Morgan fingerprint density at radius 3 is 2.75 bits per heavy atom. The average molecular weight is 240 g/mol. The molecule has 0 spiro atoms. The largest absolute Gasteiger partial charge is 0.359 e. The summed E-state index contributed by atoms with van der Waals surface area (Å²) in [6, 6.07) is 1.82. The molecular weight excluding hydrogens is 222 g/mol. The van der Waals surface area contributed by atoms with Gasteiger partial charge < -0.3 is 4.90 Å². The molecule has 1 aromatic heterocycles. The fourth-order valence-corrected chi connectivity index (χ4v) is 2.52. The summed E-state index contributed by atoms with van der Waals surface area (Å²) in [7, 11) is 2.08. The minimum absolute atomic E-state index is 0.514. The molecule has 3 nitrogen and oxygen atoms in total. The van der Waals surface area contributed by atoms with Crippen LogP contribution in [0.1, 0.15) is 32.1 Å². The first-order valence-corrected chi connectivity index (χ1v) is 6.32. The molecule has 0 unspecified atom stereocenters. The SMILES string of the molecule is CN(CC1CCCCC1)c1cc(Cl)ncn1. The van der Waals surface area contributed by atoms with Gasteiger partial charge in [-0.25, -0.2) is 9.97 Å². The molecule has 0 atom stereocenters. The van der Waals surface area contributed by atoms with Crippen LogP contribution in [0.3, 0.4) is 0 Å². The van der Waals surface area contributed by atoms with Crippen LogP contribution in [-0.4, -0.2) is 23.6 Å². The molecule has 1 aromatic rings. The molecule has 0 bridgehead atoms. The lowest BCUT2D eigenvalue weighted by Crippen LogP contribution is -2.27. The van der Waals surface area contributed by atoms with Crippen LogP contribution in [0.2, 0.25) is 5.15 Å². The van der Waals surface area contributed by atoms with Crippen molar-refractivity contribution >= 4 is 17.4 Å². The van der Waals surface area contributed by atoms with Crippen LogP contribution in [0, 0.1) is 5.92 Å². The van der Waals surface area contributed by atoms with Gasteiger partial charge in [0, 0.05) is 19.7 Å². The third-order valence-electron chi connectivity index (χ3n) is 3.27. The molecule has 1 saturated carbocycles. The van der Waals surface area contributed by atoms with Gasteiger partial charge in [-0.3, -0.25) is 0 Å². The van der Waals surface area contributed by atoms with Crippen molar-refractivity contribution in [2.24, 2.45) is 5.92 Å². The van der Waals surface area contributed by atoms with E-state index in [0.29, 0.717) is 5.15 Å². The lowest BCUT2D eigenvalue weighted by atomic mass is 9.89. The lowest BCUT2D eigenvalue weighted by molar-refractivity contribution is 0.361. The highest BCUT2D eigenvalue weighted by molar-refractivity contribution is 6.29. The van der Waals surface area contributed by atoms with Crippen molar-refractivity contribution in [1.29, 1.82) is 0 Å². The fraction of sp³-hybridized carbons (Fsp3) is 0.667. The van der Waals surface area contributed by atoms with Crippen LogP contribution in [0.15, 0.2) is 12.4 Å². The van der Waals surface area contributed by atoms with Crippen molar-refractivity contribution < 1.29 is 0 Å². The quantitative estimate of drug-likeness (QED) is 0.759. The average Bonchev–Trinajstić information content (AvgIpc) is 2.30. The Kier molecular flexibility index (Phi) is 3.99. The first kappa shape index (κ1) is 11.6. The summed E-state index contributed by atoms with van der Waals surface area (Å²) in [5, 5.41) is 0.514. The first-order chi connectivity index (χ1) is 7.75. The summed E-state index contributed by atoms with van der Waals surface area (Å²) < 4.78 is 0. The number of hydrogen-bond acceptors (Lipinski definition) is 3. The van der Waals surface area contributed by atoms with Gasteiger partial charge in [0.05, 0.1) is 0 Å². The number of hydrogen-bond donors (Lipinski definition) is 0. The molecule has 0 aliphatic heterocycles. The second-order valence-corrected chi connectivity index (χ2v) is 4.97. The van der Waals surface area contributed by atoms with Gasteiger partial charge in [0.25, 0.3) is 0 Å². The minimum atomic E-state index is 0.514. The van der Waals surface area contributed by atoms with Gasteiger partial charge in [0.15, 0.2) is 0 Å². The Balaban J connectivity index is 1.94. The molecule has 4 heteroatoms. The van der Waals surface area contributed by atoms with E-state index in [0.717, 1.165) is 18.3 Å². The summed E-state index contributed by atoms with van der Waals surface area (Å²) in [4.78, 5) is 10.3. The first-order valence-electron chi connectivity index (χ1n) is 5.94. The molecule has 1 aliphatic carbocycles. The number of aromatic nitrogens is 2. The third-order valence-corrected chi connectivity index (χ3v) is 3.47. The van der Waals surface area contributed by atoms with Crippen LogP contribution in [0.25, 0.3) is 0 Å². The maximum atomic E-state index is 5.85. The normalized spacial score (nSPS) is 17.4. The second kappa shape index (κ2) is 5.48. The number of rotatable bonds is 3. The Bertz CT molecular complexity index is 337. The van der Waals surface area contributed by atoms with Crippen LogP contribution in [-0.2, 0) is 0 Å². The summed E-state index contributed by atoms with van der Waals surface area (Å²) >= 11 is 5.85. The molecule has 0 saturated heterocycles. The van der Waals surface area contributed by atoms with E-state index in [1.54, 1.807) is 0 Å². The lowest BCUT2D eigenvalue weighted by Gasteiger charge is -2.27. The predicted molar refractivity (Wildman–Crippen MR) is 66.9 cm³/mol. The van der Waals surface area contributed by atoms with Crippen molar-refractivity contribution in [1.82, 2.24) is 9.97 Å². The maximum absolute atomic E-state index is 5.85. The highest BCUT2D eigenvalue weighted by Crippen LogP contribution is 2.25. The minimum Gasteiger partial charge on any atom is -0.359 e. The zero-order valence-electron chi connectivity index (χ0n) is 9.69. The van der Waals surface area contributed by atoms with Crippen LogP contribution in [0.4, 0.5) is 5.82 Å². The van der Waals surface area contributed by atoms with E-state index in [2.05, 4.69) is 21.9 Å². The summed E-state index contributed by atoms with van der Waals surface area (Å²) in [5.74, 6) is 1.73. The Labute approximate surface area is 102 Å². The summed E-state index contributed by atoms with van der Waals surface area (Å²) in [5.41, 5.74) is 0. The predicted octanol–water partition coefficient (Wildman–Crippen LogP) is 3.15. The van der Waals surface area contributed by atoms with Crippen LogP contribution >= 0.6 is 11.6 Å². The van der Waals surface area contributed by atoms with E-state index in [9.17, 15) is 0 Å². The van der Waals surface area contributed by atoms with Crippen molar-refractivity contribution in [2.45, 2.75) is 32.1 Å². The highest BCUT2D eigenvalue weighted by atomic mass is 35.5.